The molecule has 10 heteroatoms. The lowest BCUT2D eigenvalue weighted by molar-refractivity contribution is -0.140. The second kappa shape index (κ2) is 16.8. The van der Waals surface area contributed by atoms with Crippen molar-refractivity contribution in [3.8, 4) is 0 Å². The molecule has 7 nitrogen and oxygen atoms in total. The zero-order valence-corrected chi connectivity index (χ0v) is 29.2. The summed E-state index contributed by atoms with van der Waals surface area (Å²) in [7, 11) is -4.18. The molecule has 4 aromatic carbocycles. The number of nitrogens with zero attached hydrogens (tertiary/aromatic N) is 2. The van der Waals surface area contributed by atoms with Crippen LogP contribution in [0, 0.1) is 0 Å². The molecule has 0 aliphatic rings. The van der Waals surface area contributed by atoms with E-state index in [1.165, 1.54) is 17.0 Å². The van der Waals surface area contributed by atoms with Crippen molar-refractivity contribution in [2.24, 2.45) is 0 Å². The number of unbranched alkanes of at least 4 members (excludes halogenated alkanes) is 1. The van der Waals surface area contributed by atoms with E-state index in [2.05, 4.69) is 19.2 Å². The number of benzene rings is 4. The number of carbonyl (C=O) groups is 2. The summed E-state index contributed by atoms with van der Waals surface area (Å²) < 4.78 is 29.4. The first-order valence-corrected chi connectivity index (χ1v) is 17.9. The fourth-order valence-electron chi connectivity index (χ4n) is 5.17. The Morgan fingerprint density at radius 3 is 2.04 bits per heavy atom. The normalized spacial score (nSPS) is 12.0. The van der Waals surface area contributed by atoms with Crippen molar-refractivity contribution in [1.82, 2.24) is 10.2 Å². The second-order valence-corrected chi connectivity index (χ2v) is 14.4. The van der Waals surface area contributed by atoms with Crippen LogP contribution in [0.4, 0.5) is 5.69 Å². The molecule has 0 unspecified atom stereocenters. The molecular formula is C37H41Cl2N3O4S. The fraction of sp³-hybridized carbons (Fsp3) is 0.297. The maximum absolute atomic E-state index is 14.6. The molecule has 0 aliphatic carbocycles. The summed E-state index contributed by atoms with van der Waals surface area (Å²) in [5.74, 6) is -0.638. The highest BCUT2D eigenvalue weighted by Crippen LogP contribution is 2.28. The van der Waals surface area contributed by atoms with Crippen molar-refractivity contribution in [3.63, 3.8) is 0 Å². The Morgan fingerprint density at radius 1 is 0.809 bits per heavy atom. The van der Waals surface area contributed by atoms with Gasteiger partial charge in [0.2, 0.25) is 11.8 Å². The number of amides is 2. The molecule has 47 heavy (non-hydrogen) atoms. The molecule has 4 aromatic rings. The molecular weight excluding hydrogens is 653 g/mol. The average Bonchev–Trinajstić information content (AvgIpc) is 3.07. The van der Waals surface area contributed by atoms with Gasteiger partial charge < -0.3 is 10.2 Å². The van der Waals surface area contributed by atoms with Gasteiger partial charge in [-0.2, -0.15) is 0 Å². The standard InChI is InChI=1S/C37H41Cl2N3O4S/c1-4-5-22-40-37(44)35(24-28-12-8-6-9-13-28)41(25-29-16-21-33(38)34(39)23-29)36(43)26-42(31-19-17-30(18-20-31)27(2)3)47(45,46)32-14-10-7-11-15-32/h6-21,23,27,35H,4-5,22,24-26H2,1-3H3,(H,40,44)/t35-/m0/s1. The number of sulfonamides is 1. The summed E-state index contributed by atoms with van der Waals surface area (Å²) in [6, 6.07) is 28.7. The zero-order valence-electron chi connectivity index (χ0n) is 26.9. The van der Waals surface area contributed by atoms with E-state index in [1.54, 1.807) is 48.5 Å². The van der Waals surface area contributed by atoms with Gasteiger partial charge in [-0.1, -0.05) is 117 Å². The lowest BCUT2D eigenvalue weighted by atomic mass is 10.0. The minimum Gasteiger partial charge on any atom is -0.354 e. The Hall–Kier alpha value is -3.85. The second-order valence-electron chi connectivity index (χ2n) is 11.7. The van der Waals surface area contributed by atoms with Gasteiger partial charge in [0.1, 0.15) is 12.6 Å². The summed E-state index contributed by atoms with van der Waals surface area (Å²) in [6.07, 6.45) is 1.89. The summed E-state index contributed by atoms with van der Waals surface area (Å²) in [5.41, 5.74) is 2.87. The highest BCUT2D eigenvalue weighted by atomic mass is 35.5. The van der Waals surface area contributed by atoms with E-state index in [4.69, 9.17) is 23.2 Å². The molecule has 2 amide bonds. The summed E-state index contributed by atoms with van der Waals surface area (Å²) >= 11 is 12.6. The smallest absolute Gasteiger partial charge is 0.264 e. The third-order valence-corrected chi connectivity index (χ3v) is 10.4. The number of anilines is 1. The van der Waals surface area contributed by atoms with E-state index < -0.39 is 28.5 Å². The van der Waals surface area contributed by atoms with Gasteiger partial charge in [-0.25, -0.2) is 8.42 Å². The van der Waals surface area contributed by atoms with Crippen molar-refractivity contribution in [1.29, 1.82) is 0 Å². The number of rotatable bonds is 15. The summed E-state index contributed by atoms with van der Waals surface area (Å²) in [6.45, 7) is 6.05. The first-order chi connectivity index (χ1) is 22.5. The SMILES string of the molecule is CCCCNC(=O)[C@H](Cc1ccccc1)N(Cc1ccc(Cl)c(Cl)c1)C(=O)CN(c1ccc(C(C)C)cc1)S(=O)(=O)c1ccccc1. The number of hydrogen-bond acceptors (Lipinski definition) is 4. The van der Waals surface area contributed by atoms with Crippen LogP contribution in [0.3, 0.4) is 0 Å². The lowest BCUT2D eigenvalue weighted by Gasteiger charge is -2.34. The van der Waals surface area contributed by atoms with Crippen LogP contribution in [-0.2, 0) is 32.6 Å². The molecule has 4 rings (SSSR count). The molecule has 248 valence electrons. The fourth-order valence-corrected chi connectivity index (χ4v) is 6.92. The Kier molecular flexibility index (Phi) is 12.9. The summed E-state index contributed by atoms with van der Waals surface area (Å²) in [4.78, 5) is 30.0. The number of nitrogens with one attached hydrogen (secondary N) is 1. The third-order valence-electron chi connectivity index (χ3n) is 7.90. The van der Waals surface area contributed by atoms with Gasteiger partial charge >= 0.3 is 0 Å². The first kappa shape index (κ1) is 36.0. The van der Waals surface area contributed by atoms with E-state index >= 15 is 0 Å². The number of carbonyl (C=O) groups excluding carboxylic acids is 2. The molecule has 0 saturated heterocycles. The molecule has 1 N–H and O–H groups in total. The van der Waals surface area contributed by atoms with E-state index in [0.29, 0.717) is 27.8 Å². The highest BCUT2D eigenvalue weighted by Gasteiger charge is 2.34. The van der Waals surface area contributed by atoms with E-state index in [1.807, 2.05) is 49.4 Å². The van der Waals surface area contributed by atoms with Gasteiger partial charge in [0.15, 0.2) is 0 Å². The van der Waals surface area contributed by atoms with Gasteiger partial charge in [0, 0.05) is 19.5 Å². The van der Waals surface area contributed by atoms with Gasteiger partial charge in [-0.3, -0.25) is 13.9 Å². The molecule has 0 bridgehead atoms. The number of hydrogen-bond donors (Lipinski definition) is 1. The molecule has 0 saturated carbocycles. The third kappa shape index (κ3) is 9.60. The first-order valence-electron chi connectivity index (χ1n) is 15.7. The predicted octanol–water partition coefficient (Wildman–Crippen LogP) is 7.87. The van der Waals surface area contributed by atoms with Crippen LogP contribution in [-0.4, -0.2) is 44.3 Å². The van der Waals surface area contributed by atoms with Crippen LogP contribution >= 0.6 is 23.2 Å². The van der Waals surface area contributed by atoms with Gasteiger partial charge in [0.05, 0.1) is 20.6 Å². The Labute approximate surface area is 288 Å². The van der Waals surface area contributed by atoms with Crippen molar-refractivity contribution >= 4 is 50.7 Å². The van der Waals surface area contributed by atoms with Crippen LogP contribution in [0.25, 0.3) is 0 Å². The van der Waals surface area contributed by atoms with Crippen LogP contribution in [0.2, 0.25) is 10.0 Å². The Morgan fingerprint density at radius 2 is 1.45 bits per heavy atom. The zero-order chi connectivity index (χ0) is 34.0. The van der Waals surface area contributed by atoms with E-state index in [-0.39, 0.29) is 29.7 Å². The van der Waals surface area contributed by atoms with Gasteiger partial charge in [0.25, 0.3) is 10.0 Å². The van der Waals surface area contributed by atoms with Crippen LogP contribution in [0.15, 0.2) is 108 Å². The molecule has 0 fully saturated rings. The average molecular weight is 695 g/mol. The van der Waals surface area contributed by atoms with Crippen LogP contribution in [0.5, 0.6) is 0 Å². The Bertz CT molecular complexity index is 1730. The van der Waals surface area contributed by atoms with E-state index in [0.717, 1.165) is 28.3 Å². The molecule has 0 radical (unpaired) electrons. The maximum Gasteiger partial charge on any atom is 0.264 e. The molecule has 1 atom stereocenters. The highest BCUT2D eigenvalue weighted by molar-refractivity contribution is 7.92. The minimum absolute atomic E-state index is 0.0000674. The van der Waals surface area contributed by atoms with Crippen molar-refractivity contribution in [2.75, 3.05) is 17.4 Å². The molecule has 0 spiro atoms. The quantitative estimate of drug-likeness (QED) is 0.128. The number of halogens is 2. The van der Waals surface area contributed by atoms with Crippen molar-refractivity contribution < 1.29 is 18.0 Å². The van der Waals surface area contributed by atoms with E-state index in [9.17, 15) is 18.0 Å². The van der Waals surface area contributed by atoms with Gasteiger partial charge in [-0.05, 0) is 65.4 Å². The Balaban J connectivity index is 1.80. The minimum atomic E-state index is -4.18. The maximum atomic E-state index is 14.6. The molecule has 0 aliphatic heterocycles. The van der Waals surface area contributed by atoms with Crippen LogP contribution in [0.1, 0.15) is 56.2 Å². The largest absolute Gasteiger partial charge is 0.354 e. The van der Waals surface area contributed by atoms with Crippen LogP contribution < -0.4 is 9.62 Å². The molecule has 0 aromatic heterocycles. The predicted molar refractivity (Wildman–Crippen MR) is 190 cm³/mol. The monoisotopic (exact) mass is 693 g/mol. The lowest BCUT2D eigenvalue weighted by Crippen LogP contribution is -2.53. The van der Waals surface area contributed by atoms with Gasteiger partial charge in [-0.15, -0.1) is 0 Å². The topological polar surface area (TPSA) is 86.8 Å². The van der Waals surface area contributed by atoms with Crippen molar-refractivity contribution in [2.45, 2.75) is 63.4 Å². The summed E-state index contributed by atoms with van der Waals surface area (Å²) in [5, 5.41) is 3.66. The van der Waals surface area contributed by atoms with Crippen molar-refractivity contribution in [3.05, 3.63) is 130 Å². The molecule has 0 heterocycles.